The third-order valence-electron chi connectivity index (χ3n) is 6.60. The number of anilines is 2. The number of piperazine rings is 1. The highest BCUT2D eigenvalue weighted by Crippen LogP contribution is 2.33. The summed E-state index contributed by atoms with van der Waals surface area (Å²) in [4.78, 5) is 34.9. The van der Waals surface area contributed by atoms with Crippen molar-refractivity contribution in [2.24, 2.45) is 0 Å². The molecule has 2 heterocycles. The maximum Gasteiger partial charge on any atom is 0.410 e. The van der Waals surface area contributed by atoms with Gasteiger partial charge in [0, 0.05) is 37.3 Å². The normalized spacial score (nSPS) is 13.8. The number of rotatable bonds is 4. The Hall–Kier alpha value is -3.81. The van der Waals surface area contributed by atoms with Crippen molar-refractivity contribution in [1.29, 1.82) is 0 Å². The van der Waals surface area contributed by atoms with E-state index in [1.807, 2.05) is 81.4 Å². The molecule has 40 heavy (non-hydrogen) atoms. The van der Waals surface area contributed by atoms with Crippen LogP contribution < -0.4 is 10.2 Å². The van der Waals surface area contributed by atoms with Crippen LogP contribution in [0.5, 0.6) is 0 Å². The topological polar surface area (TPSA) is 74.8 Å². The first-order valence-corrected chi connectivity index (χ1v) is 13.8. The van der Waals surface area contributed by atoms with Gasteiger partial charge in [0.05, 0.1) is 21.4 Å². The second-order valence-corrected chi connectivity index (χ2v) is 11.4. The monoisotopic (exact) mass is 576 g/mol. The van der Waals surface area contributed by atoms with Gasteiger partial charge in [0.1, 0.15) is 5.60 Å². The van der Waals surface area contributed by atoms with Gasteiger partial charge in [-0.05, 0) is 61.9 Å². The minimum atomic E-state index is -0.566. The minimum Gasteiger partial charge on any atom is -0.444 e. The fourth-order valence-electron chi connectivity index (χ4n) is 4.64. The van der Waals surface area contributed by atoms with E-state index in [0.29, 0.717) is 59.0 Å². The molecule has 7 nitrogen and oxygen atoms in total. The molecule has 0 spiro atoms. The smallest absolute Gasteiger partial charge is 0.410 e. The van der Waals surface area contributed by atoms with Crippen LogP contribution in [0.4, 0.5) is 16.3 Å². The highest BCUT2D eigenvalue weighted by molar-refractivity contribution is 6.42. The van der Waals surface area contributed by atoms with Gasteiger partial charge in [0.25, 0.3) is 5.91 Å². The van der Waals surface area contributed by atoms with E-state index in [1.54, 1.807) is 17.0 Å². The van der Waals surface area contributed by atoms with Crippen molar-refractivity contribution in [3.63, 3.8) is 0 Å². The van der Waals surface area contributed by atoms with Gasteiger partial charge in [0.15, 0.2) is 5.82 Å². The van der Waals surface area contributed by atoms with Crippen molar-refractivity contribution in [2.75, 3.05) is 36.4 Å². The number of benzene rings is 3. The number of carbonyl (C=O) groups excluding carboxylic acids is 2. The minimum absolute atomic E-state index is 0.227. The van der Waals surface area contributed by atoms with E-state index in [-0.39, 0.29) is 12.0 Å². The molecule has 1 fully saturated rings. The zero-order chi connectivity index (χ0) is 28.4. The highest BCUT2D eigenvalue weighted by atomic mass is 35.5. The Morgan fingerprint density at radius 2 is 1.60 bits per heavy atom. The lowest BCUT2D eigenvalue weighted by molar-refractivity contribution is 0.0240. The average Bonchev–Trinajstić information content (AvgIpc) is 2.93. The van der Waals surface area contributed by atoms with E-state index >= 15 is 0 Å². The van der Waals surface area contributed by atoms with Crippen molar-refractivity contribution in [2.45, 2.75) is 26.4 Å². The predicted molar refractivity (Wildman–Crippen MR) is 162 cm³/mol. The van der Waals surface area contributed by atoms with Gasteiger partial charge < -0.3 is 19.9 Å². The highest BCUT2D eigenvalue weighted by Gasteiger charge is 2.28. The van der Waals surface area contributed by atoms with Crippen molar-refractivity contribution in [3.8, 4) is 11.3 Å². The van der Waals surface area contributed by atoms with Crippen LogP contribution in [0.15, 0.2) is 72.8 Å². The first kappa shape index (κ1) is 27.7. The maximum atomic E-state index is 13.5. The lowest BCUT2D eigenvalue weighted by atomic mass is 10.0. The number of nitrogens with one attached hydrogen (secondary N) is 1. The van der Waals surface area contributed by atoms with E-state index in [1.165, 1.54) is 0 Å². The number of carbonyl (C=O) groups is 2. The number of hydrogen-bond acceptors (Lipinski definition) is 5. The van der Waals surface area contributed by atoms with Crippen molar-refractivity contribution < 1.29 is 14.3 Å². The number of hydrogen-bond donors (Lipinski definition) is 1. The summed E-state index contributed by atoms with van der Waals surface area (Å²) >= 11 is 12.4. The summed E-state index contributed by atoms with van der Waals surface area (Å²) in [5, 5.41) is 5.84. The molecule has 1 aliphatic rings. The largest absolute Gasteiger partial charge is 0.444 e. The fourth-order valence-corrected chi connectivity index (χ4v) is 4.94. The Kier molecular flexibility index (Phi) is 7.88. The molecular formula is C31H30Cl2N4O3. The standard InChI is InChI=1S/C31H30Cl2N4O3/c1-31(2,3)40-30(39)37-17-15-36(16-18-37)28-27(14-13-26(34-28)21-11-12-24(32)25(33)19-21)35-29(38)23-10-6-8-20-7-4-5-9-22(20)23/h4-14,19H,15-18H2,1-3H3,(H,35,38). The molecule has 4 aromatic rings. The van der Waals surface area contributed by atoms with E-state index in [9.17, 15) is 9.59 Å². The van der Waals surface area contributed by atoms with Crippen LogP contribution in [-0.4, -0.2) is 53.7 Å². The van der Waals surface area contributed by atoms with Gasteiger partial charge >= 0.3 is 6.09 Å². The molecule has 0 radical (unpaired) electrons. The van der Waals surface area contributed by atoms with Crippen molar-refractivity contribution in [1.82, 2.24) is 9.88 Å². The van der Waals surface area contributed by atoms with Crippen LogP contribution in [0.3, 0.4) is 0 Å². The van der Waals surface area contributed by atoms with E-state index in [4.69, 9.17) is 32.9 Å². The SMILES string of the molecule is CC(C)(C)OC(=O)N1CCN(c2nc(-c3ccc(Cl)c(Cl)c3)ccc2NC(=O)c2cccc3ccccc23)CC1. The molecular weight excluding hydrogens is 547 g/mol. The van der Waals surface area contributed by atoms with E-state index in [0.717, 1.165) is 16.3 Å². The Labute approximate surface area is 243 Å². The van der Waals surface area contributed by atoms with Crippen molar-refractivity contribution in [3.05, 3.63) is 88.4 Å². The summed E-state index contributed by atoms with van der Waals surface area (Å²) in [5.74, 6) is 0.385. The maximum absolute atomic E-state index is 13.5. The summed E-state index contributed by atoms with van der Waals surface area (Å²) in [6.45, 7) is 7.52. The van der Waals surface area contributed by atoms with Gasteiger partial charge in [-0.1, -0.05) is 65.7 Å². The van der Waals surface area contributed by atoms with Gasteiger partial charge in [-0.3, -0.25) is 4.79 Å². The average molecular weight is 578 g/mol. The van der Waals surface area contributed by atoms with Gasteiger partial charge in [0.2, 0.25) is 0 Å². The zero-order valence-electron chi connectivity index (χ0n) is 22.6. The molecule has 1 N–H and O–H groups in total. The Morgan fingerprint density at radius 1 is 0.875 bits per heavy atom. The zero-order valence-corrected chi connectivity index (χ0v) is 24.1. The number of aromatic nitrogens is 1. The Bertz CT molecular complexity index is 1570. The molecule has 3 aromatic carbocycles. The number of fused-ring (bicyclic) bond motifs is 1. The first-order valence-electron chi connectivity index (χ1n) is 13.1. The molecule has 0 bridgehead atoms. The lowest BCUT2D eigenvalue weighted by Crippen LogP contribution is -2.50. The van der Waals surface area contributed by atoms with Crippen LogP contribution in [0.25, 0.3) is 22.0 Å². The summed E-state index contributed by atoms with van der Waals surface area (Å²) in [7, 11) is 0. The molecule has 9 heteroatoms. The number of nitrogens with zero attached hydrogens (tertiary/aromatic N) is 3. The third kappa shape index (κ3) is 6.16. The van der Waals surface area contributed by atoms with Gasteiger partial charge in [-0.25, -0.2) is 9.78 Å². The summed E-state index contributed by atoms with van der Waals surface area (Å²) in [6.07, 6.45) is -0.339. The molecule has 1 aromatic heterocycles. The molecule has 0 atom stereocenters. The third-order valence-corrected chi connectivity index (χ3v) is 7.34. The second-order valence-electron chi connectivity index (χ2n) is 10.6. The number of pyridine rings is 1. The van der Waals surface area contributed by atoms with Gasteiger partial charge in [-0.15, -0.1) is 0 Å². The van der Waals surface area contributed by atoms with Crippen LogP contribution in [0, 0.1) is 0 Å². The number of ether oxygens (including phenoxy) is 1. The molecule has 5 rings (SSSR count). The summed E-state index contributed by atoms with van der Waals surface area (Å²) in [5.41, 5.74) is 2.07. The molecule has 206 valence electrons. The van der Waals surface area contributed by atoms with Crippen LogP contribution in [-0.2, 0) is 4.74 Å². The quantitative estimate of drug-likeness (QED) is 0.272. The summed E-state index contributed by atoms with van der Waals surface area (Å²) < 4.78 is 5.55. The van der Waals surface area contributed by atoms with Crippen LogP contribution in [0.2, 0.25) is 10.0 Å². The first-order chi connectivity index (χ1) is 19.1. The van der Waals surface area contributed by atoms with Crippen LogP contribution >= 0.6 is 23.2 Å². The molecule has 0 aliphatic carbocycles. The Balaban J connectivity index is 1.45. The van der Waals surface area contributed by atoms with Crippen molar-refractivity contribution >= 4 is 57.5 Å². The molecule has 1 aliphatic heterocycles. The molecule has 2 amide bonds. The molecule has 0 unspecified atom stereocenters. The van der Waals surface area contributed by atoms with E-state index < -0.39 is 5.60 Å². The fraction of sp³-hybridized carbons (Fsp3) is 0.258. The van der Waals surface area contributed by atoms with Gasteiger partial charge in [-0.2, -0.15) is 0 Å². The second kappa shape index (κ2) is 11.4. The van der Waals surface area contributed by atoms with Crippen LogP contribution in [0.1, 0.15) is 31.1 Å². The Morgan fingerprint density at radius 3 is 2.33 bits per heavy atom. The predicted octanol–water partition coefficient (Wildman–Crippen LogP) is 7.52. The molecule has 1 saturated heterocycles. The number of amides is 2. The molecule has 0 saturated carbocycles. The number of halogens is 2. The lowest BCUT2D eigenvalue weighted by Gasteiger charge is -2.37. The van der Waals surface area contributed by atoms with E-state index in [2.05, 4.69) is 10.2 Å². The summed E-state index contributed by atoms with van der Waals surface area (Å²) in [6, 6.07) is 22.5.